The second kappa shape index (κ2) is 5.72. The first-order chi connectivity index (χ1) is 11.0. The van der Waals surface area contributed by atoms with E-state index in [0.717, 1.165) is 6.20 Å². The molecule has 0 aliphatic carbocycles. The molecule has 0 bridgehead atoms. The molecule has 0 spiro atoms. The van der Waals surface area contributed by atoms with E-state index in [1.54, 1.807) is 24.3 Å². The minimum atomic E-state index is -0.688. The highest BCUT2D eigenvalue weighted by atomic mass is 16.3. The summed E-state index contributed by atoms with van der Waals surface area (Å²) in [5.41, 5.74) is -0.451. The Hall–Kier alpha value is -3.49. The molecule has 9 nitrogen and oxygen atoms in total. The van der Waals surface area contributed by atoms with E-state index in [1.165, 1.54) is 0 Å². The summed E-state index contributed by atoms with van der Waals surface area (Å²) in [5, 5.41) is 17.7. The Morgan fingerprint density at radius 1 is 1.17 bits per heavy atom. The van der Waals surface area contributed by atoms with Gasteiger partial charge in [0.05, 0.1) is 11.9 Å². The number of hydrogen-bond donors (Lipinski definition) is 4. The van der Waals surface area contributed by atoms with Crippen LogP contribution < -0.4 is 11.2 Å². The molecule has 1 amide bonds. The smallest absolute Gasteiger partial charge is 0.325 e. The van der Waals surface area contributed by atoms with Gasteiger partial charge in [-0.05, 0) is 6.07 Å². The quantitative estimate of drug-likeness (QED) is 0.537. The Morgan fingerprint density at radius 3 is 2.74 bits per heavy atom. The highest BCUT2D eigenvalue weighted by Gasteiger charge is 2.11. The first-order valence-corrected chi connectivity index (χ1v) is 6.60. The molecule has 2 aromatic heterocycles. The number of benzene rings is 1. The van der Waals surface area contributed by atoms with Gasteiger partial charge in [-0.25, -0.2) is 4.79 Å². The molecule has 0 radical (unpaired) electrons. The van der Waals surface area contributed by atoms with Crippen LogP contribution in [0.25, 0.3) is 10.9 Å². The Bertz CT molecular complexity index is 1030. The fourth-order valence-corrected chi connectivity index (χ4v) is 2.09. The van der Waals surface area contributed by atoms with Gasteiger partial charge in [-0.15, -0.1) is 10.2 Å². The van der Waals surface area contributed by atoms with E-state index in [4.69, 9.17) is 0 Å². The van der Waals surface area contributed by atoms with E-state index < -0.39 is 17.2 Å². The van der Waals surface area contributed by atoms with Crippen molar-refractivity contribution < 1.29 is 9.90 Å². The first kappa shape index (κ1) is 14.4. The normalized spacial score (nSPS) is 11.3. The van der Waals surface area contributed by atoms with Crippen molar-refractivity contribution in [3.63, 3.8) is 0 Å². The van der Waals surface area contributed by atoms with E-state index in [0.29, 0.717) is 10.9 Å². The molecule has 2 heterocycles. The molecule has 4 N–H and O–H groups in total. The summed E-state index contributed by atoms with van der Waals surface area (Å²) < 4.78 is 0. The van der Waals surface area contributed by atoms with Crippen molar-refractivity contribution in [3.8, 4) is 5.88 Å². The van der Waals surface area contributed by atoms with Crippen LogP contribution in [0.4, 0.5) is 5.69 Å². The van der Waals surface area contributed by atoms with E-state index in [2.05, 4.69) is 20.2 Å². The molecule has 9 heteroatoms. The van der Waals surface area contributed by atoms with Gasteiger partial charge in [0.1, 0.15) is 0 Å². The molecular weight excluding hydrogens is 302 g/mol. The SMILES string of the molecule is O=C(Cc1c[nH]c(=O)[nH]c1=O)N=Nc1c(O)[nH]c2ccccc12. The van der Waals surface area contributed by atoms with Crippen LogP contribution in [-0.2, 0) is 11.2 Å². The highest BCUT2D eigenvalue weighted by Crippen LogP contribution is 2.35. The highest BCUT2D eigenvalue weighted by molar-refractivity contribution is 5.94. The van der Waals surface area contributed by atoms with E-state index in [1.807, 2.05) is 4.98 Å². The van der Waals surface area contributed by atoms with Crippen molar-refractivity contribution in [2.24, 2.45) is 10.2 Å². The van der Waals surface area contributed by atoms with E-state index in [-0.39, 0.29) is 23.6 Å². The maximum atomic E-state index is 11.8. The predicted octanol–water partition coefficient (Wildman–Crippen LogP) is 1.10. The van der Waals surface area contributed by atoms with Gasteiger partial charge >= 0.3 is 5.69 Å². The lowest BCUT2D eigenvalue weighted by molar-refractivity contribution is -0.117. The molecule has 0 saturated heterocycles. The minimum Gasteiger partial charge on any atom is -0.493 e. The molecule has 0 fully saturated rings. The zero-order valence-electron chi connectivity index (χ0n) is 11.7. The number of fused-ring (bicyclic) bond motifs is 1. The molecule has 0 unspecified atom stereocenters. The average Bonchev–Trinajstić information content (AvgIpc) is 2.83. The second-order valence-corrected chi connectivity index (χ2v) is 4.74. The summed E-state index contributed by atoms with van der Waals surface area (Å²) in [6, 6.07) is 7.01. The van der Waals surface area contributed by atoms with Crippen LogP contribution in [0.5, 0.6) is 5.88 Å². The summed E-state index contributed by atoms with van der Waals surface area (Å²) in [5.74, 6) is -0.892. The van der Waals surface area contributed by atoms with Gasteiger partial charge in [0, 0.05) is 17.1 Å². The third-order valence-corrected chi connectivity index (χ3v) is 3.16. The molecule has 116 valence electrons. The summed E-state index contributed by atoms with van der Waals surface area (Å²) in [4.78, 5) is 41.2. The standard InChI is InChI=1S/C14H11N5O4/c20-10(5-7-6-15-14(23)17-12(7)21)18-19-11-8-3-1-2-4-9(8)16-13(11)22/h1-4,6,16,22H,5H2,(H2,15,17,21,23). The van der Waals surface area contributed by atoms with Crippen molar-refractivity contribution in [1.29, 1.82) is 0 Å². The number of carbonyl (C=O) groups is 1. The van der Waals surface area contributed by atoms with Crippen molar-refractivity contribution in [2.45, 2.75) is 6.42 Å². The van der Waals surface area contributed by atoms with Gasteiger partial charge in [0.25, 0.3) is 11.5 Å². The number of azo groups is 1. The number of nitrogens with one attached hydrogen (secondary N) is 3. The number of aromatic amines is 3. The third-order valence-electron chi connectivity index (χ3n) is 3.16. The summed E-state index contributed by atoms with van der Waals surface area (Å²) in [6.45, 7) is 0. The Labute approximate surface area is 127 Å². The van der Waals surface area contributed by atoms with Crippen LogP contribution in [0.3, 0.4) is 0 Å². The van der Waals surface area contributed by atoms with Crippen molar-refractivity contribution in [3.05, 3.63) is 56.9 Å². The van der Waals surface area contributed by atoms with Crippen LogP contribution in [0.15, 0.2) is 50.3 Å². The van der Waals surface area contributed by atoms with Gasteiger partial charge in [-0.1, -0.05) is 18.2 Å². The lowest BCUT2D eigenvalue weighted by Crippen LogP contribution is -2.25. The molecule has 1 aromatic carbocycles. The number of hydrogen-bond acceptors (Lipinski definition) is 5. The number of H-pyrrole nitrogens is 3. The number of rotatable bonds is 3. The molecule has 0 aliphatic rings. The van der Waals surface area contributed by atoms with Gasteiger partial charge < -0.3 is 15.1 Å². The number of carbonyl (C=O) groups excluding carboxylic acids is 1. The minimum absolute atomic E-state index is 0.0664. The Kier molecular flexibility index (Phi) is 3.59. The zero-order chi connectivity index (χ0) is 16.4. The molecule has 0 atom stereocenters. The average molecular weight is 313 g/mol. The van der Waals surface area contributed by atoms with Crippen LogP contribution in [-0.4, -0.2) is 26.0 Å². The fourth-order valence-electron chi connectivity index (χ4n) is 2.09. The molecule has 0 aliphatic heterocycles. The van der Waals surface area contributed by atoms with Crippen LogP contribution >= 0.6 is 0 Å². The van der Waals surface area contributed by atoms with Gasteiger partial charge in [0.2, 0.25) is 5.88 Å². The topological polar surface area (TPSA) is 144 Å². The van der Waals surface area contributed by atoms with Crippen LogP contribution in [0, 0.1) is 0 Å². The number of amides is 1. The van der Waals surface area contributed by atoms with Gasteiger partial charge in [-0.3, -0.25) is 14.6 Å². The molecule has 3 aromatic rings. The van der Waals surface area contributed by atoms with Crippen LogP contribution in [0.2, 0.25) is 0 Å². The number of para-hydroxylation sites is 1. The lowest BCUT2D eigenvalue weighted by atomic mass is 10.2. The molecule has 3 rings (SSSR count). The van der Waals surface area contributed by atoms with Crippen molar-refractivity contribution >= 4 is 22.5 Å². The van der Waals surface area contributed by atoms with Crippen molar-refractivity contribution in [1.82, 2.24) is 15.0 Å². The van der Waals surface area contributed by atoms with E-state index in [9.17, 15) is 19.5 Å². The fraction of sp³-hybridized carbons (Fsp3) is 0.0714. The predicted molar refractivity (Wildman–Crippen MR) is 80.9 cm³/mol. The lowest BCUT2D eigenvalue weighted by Gasteiger charge is -1.94. The third kappa shape index (κ3) is 2.93. The zero-order valence-corrected chi connectivity index (χ0v) is 11.7. The second-order valence-electron chi connectivity index (χ2n) is 4.74. The summed E-state index contributed by atoms with van der Waals surface area (Å²) in [7, 11) is 0. The number of aromatic hydroxyl groups is 1. The van der Waals surface area contributed by atoms with Gasteiger partial charge in [0.15, 0.2) is 5.69 Å². The van der Waals surface area contributed by atoms with E-state index >= 15 is 0 Å². The Morgan fingerprint density at radius 2 is 1.96 bits per heavy atom. The molecular formula is C14H11N5O4. The monoisotopic (exact) mass is 313 g/mol. The largest absolute Gasteiger partial charge is 0.493 e. The molecule has 23 heavy (non-hydrogen) atoms. The number of aromatic nitrogens is 3. The molecule has 0 saturated carbocycles. The van der Waals surface area contributed by atoms with Crippen molar-refractivity contribution in [2.75, 3.05) is 0 Å². The summed E-state index contributed by atoms with van der Waals surface area (Å²) in [6.07, 6.45) is 0.830. The maximum absolute atomic E-state index is 11.8. The first-order valence-electron chi connectivity index (χ1n) is 6.60. The van der Waals surface area contributed by atoms with Gasteiger partial charge in [-0.2, -0.15) is 0 Å². The summed E-state index contributed by atoms with van der Waals surface area (Å²) >= 11 is 0. The Balaban J connectivity index is 1.84. The van der Waals surface area contributed by atoms with Crippen LogP contribution in [0.1, 0.15) is 5.56 Å². The number of nitrogens with zero attached hydrogens (tertiary/aromatic N) is 2. The maximum Gasteiger partial charge on any atom is 0.325 e.